The molecule has 2 aromatic carbocycles. The number of primary amides is 1. The molecule has 0 spiro atoms. The summed E-state index contributed by atoms with van der Waals surface area (Å²) in [6.45, 7) is 0. The number of nitrogens with one attached hydrogen (secondary N) is 1. The Morgan fingerprint density at radius 3 is 2.79 bits per heavy atom. The van der Waals surface area contributed by atoms with Gasteiger partial charge in [-0.25, -0.2) is 0 Å². The molecule has 4 N–H and O–H groups in total. The molecule has 0 saturated carbocycles. The van der Waals surface area contributed by atoms with Crippen molar-refractivity contribution in [3.8, 4) is 0 Å². The minimum absolute atomic E-state index is 0.418. The van der Waals surface area contributed by atoms with E-state index in [4.69, 9.17) is 10.9 Å². The average Bonchev–Trinajstić information content (AvgIpc) is 2.78. The van der Waals surface area contributed by atoms with Crippen LogP contribution in [-0.2, 0) is 0 Å². The molecular formula is C14H11N3O2. The van der Waals surface area contributed by atoms with Gasteiger partial charge in [-0.15, -0.1) is 0 Å². The Labute approximate surface area is 108 Å². The number of hydrogen-bond donors (Lipinski definition) is 3. The molecule has 1 amide bonds. The minimum Gasteiger partial charge on any atom is -0.411 e. The van der Waals surface area contributed by atoms with Crippen molar-refractivity contribution >= 4 is 33.9 Å². The molecule has 0 aliphatic heterocycles. The number of aromatic amines is 1. The second-order valence-corrected chi connectivity index (χ2v) is 4.23. The third kappa shape index (κ3) is 1.63. The number of amides is 1. The van der Waals surface area contributed by atoms with E-state index in [1.165, 1.54) is 6.21 Å². The van der Waals surface area contributed by atoms with Gasteiger partial charge in [0.2, 0.25) is 0 Å². The molecule has 1 heterocycles. The van der Waals surface area contributed by atoms with E-state index in [2.05, 4.69) is 10.1 Å². The van der Waals surface area contributed by atoms with Gasteiger partial charge in [-0.3, -0.25) is 4.79 Å². The van der Waals surface area contributed by atoms with Gasteiger partial charge in [-0.1, -0.05) is 29.4 Å². The molecule has 0 fully saturated rings. The summed E-state index contributed by atoms with van der Waals surface area (Å²) in [7, 11) is 0. The first kappa shape index (κ1) is 11.3. The average molecular weight is 253 g/mol. The predicted molar refractivity (Wildman–Crippen MR) is 73.7 cm³/mol. The van der Waals surface area contributed by atoms with E-state index in [0.29, 0.717) is 11.1 Å². The summed E-state index contributed by atoms with van der Waals surface area (Å²) in [5.74, 6) is -0.496. The predicted octanol–water partition coefficient (Wildman–Crippen LogP) is 2.23. The van der Waals surface area contributed by atoms with Crippen molar-refractivity contribution < 1.29 is 10.0 Å². The normalized spacial score (nSPS) is 11.6. The van der Waals surface area contributed by atoms with E-state index in [9.17, 15) is 4.79 Å². The van der Waals surface area contributed by atoms with Gasteiger partial charge in [0.1, 0.15) is 0 Å². The van der Waals surface area contributed by atoms with E-state index in [0.717, 1.165) is 21.9 Å². The highest BCUT2D eigenvalue weighted by Crippen LogP contribution is 2.29. The number of fused-ring (bicyclic) bond motifs is 3. The van der Waals surface area contributed by atoms with E-state index in [-0.39, 0.29) is 0 Å². The van der Waals surface area contributed by atoms with Gasteiger partial charge in [-0.2, -0.15) is 0 Å². The van der Waals surface area contributed by atoms with Crippen LogP contribution in [0.5, 0.6) is 0 Å². The fraction of sp³-hybridized carbons (Fsp3) is 0. The summed E-state index contributed by atoms with van der Waals surface area (Å²) in [5.41, 5.74) is 8.08. The number of carbonyl (C=O) groups is 1. The first-order valence-corrected chi connectivity index (χ1v) is 5.73. The topological polar surface area (TPSA) is 91.5 Å². The number of benzene rings is 2. The maximum atomic E-state index is 11.5. The van der Waals surface area contributed by atoms with Crippen LogP contribution in [-0.4, -0.2) is 22.3 Å². The van der Waals surface area contributed by atoms with Gasteiger partial charge in [-0.05, 0) is 12.1 Å². The van der Waals surface area contributed by atoms with Crippen molar-refractivity contribution in [1.82, 2.24) is 4.98 Å². The highest BCUT2D eigenvalue weighted by molar-refractivity contribution is 6.19. The van der Waals surface area contributed by atoms with E-state index >= 15 is 0 Å². The largest absolute Gasteiger partial charge is 0.411 e. The molecule has 0 saturated heterocycles. The molecule has 0 radical (unpaired) electrons. The molecular weight excluding hydrogens is 242 g/mol. The van der Waals surface area contributed by atoms with Crippen molar-refractivity contribution in [3.05, 3.63) is 47.5 Å². The van der Waals surface area contributed by atoms with Crippen LogP contribution in [0.25, 0.3) is 21.8 Å². The second-order valence-electron chi connectivity index (χ2n) is 4.23. The van der Waals surface area contributed by atoms with Gasteiger partial charge in [0, 0.05) is 21.9 Å². The molecule has 5 nitrogen and oxygen atoms in total. The van der Waals surface area contributed by atoms with Crippen LogP contribution in [0.2, 0.25) is 0 Å². The molecule has 3 aromatic rings. The molecule has 0 unspecified atom stereocenters. The molecule has 0 aliphatic rings. The molecule has 1 aromatic heterocycles. The smallest absolute Gasteiger partial charge is 0.250 e. The third-order valence-corrected chi connectivity index (χ3v) is 3.16. The lowest BCUT2D eigenvalue weighted by atomic mass is 10.0. The van der Waals surface area contributed by atoms with Crippen LogP contribution in [0.4, 0.5) is 0 Å². The van der Waals surface area contributed by atoms with Gasteiger partial charge in [0.25, 0.3) is 5.91 Å². The summed E-state index contributed by atoms with van der Waals surface area (Å²) in [6, 6.07) is 11.0. The SMILES string of the molecule is NC(=O)c1ccc(/C=N/O)c2c1[nH]c1ccccc12. The number of aromatic nitrogens is 1. The molecule has 3 rings (SSSR count). The quantitative estimate of drug-likeness (QED) is 0.371. The van der Waals surface area contributed by atoms with Crippen molar-refractivity contribution in [2.24, 2.45) is 10.9 Å². The first-order valence-electron chi connectivity index (χ1n) is 5.73. The van der Waals surface area contributed by atoms with Crippen molar-refractivity contribution in [3.63, 3.8) is 0 Å². The first-order chi connectivity index (χ1) is 9.22. The zero-order valence-electron chi connectivity index (χ0n) is 9.92. The minimum atomic E-state index is -0.496. The number of hydrogen-bond acceptors (Lipinski definition) is 3. The van der Waals surface area contributed by atoms with Crippen LogP contribution in [0, 0.1) is 0 Å². The second kappa shape index (κ2) is 4.13. The van der Waals surface area contributed by atoms with E-state index in [1.54, 1.807) is 12.1 Å². The zero-order chi connectivity index (χ0) is 13.4. The fourth-order valence-electron chi connectivity index (χ4n) is 2.36. The fourth-order valence-corrected chi connectivity index (χ4v) is 2.36. The van der Waals surface area contributed by atoms with Gasteiger partial charge in [0.15, 0.2) is 0 Å². The Bertz CT molecular complexity index is 818. The van der Waals surface area contributed by atoms with Crippen LogP contribution in [0.3, 0.4) is 0 Å². The van der Waals surface area contributed by atoms with Crippen LogP contribution in [0.15, 0.2) is 41.6 Å². The lowest BCUT2D eigenvalue weighted by Crippen LogP contribution is -2.11. The highest BCUT2D eigenvalue weighted by Gasteiger charge is 2.14. The summed E-state index contributed by atoms with van der Waals surface area (Å²) >= 11 is 0. The van der Waals surface area contributed by atoms with Gasteiger partial charge < -0.3 is 15.9 Å². The lowest BCUT2D eigenvalue weighted by Gasteiger charge is -2.01. The molecule has 19 heavy (non-hydrogen) atoms. The Morgan fingerprint density at radius 2 is 2.05 bits per heavy atom. The van der Waals surface area contributed by atoms with Crippen molar-refractivity contribution in [2.75, 3.05) is 0 Å². The Morgan fingerprint density at radius 1 is 1.26 bits per heavy atom. The summed E-state index contributed by atoms with van der Waals surface area (Å²) in [5, 5.41) is 13.6. The maximum Gasteiger partial charge on any atom is 0.250 e. The molecule has 94 valence electrons. The van der Waals surface area contributed by atoms with E-state index in [1.807, 2.05) is 24.3 Å². The Hall–Kier alpha value is -2.82. The molecule has 0 aliphatic carbocycles. The number of para-hydroxylation sites is 1. The van der Waals surface area contributed by atoms with E-state index < -0.39 is 5.91 Å². The molecule has 0 atom stereocenters. The number of carbonyl (C=O) groups excluding carboxylic acids is 1. The van der Waals surface area contributed by atoms with Gasteiger partial charge >= 0.3 is 0 Å². The summed E-state index contributed by atoms with van der Waals surface area (Å²) < 4.78 is 0. The van der Waals surface area contributed by atoms with Crippen LogP contribution in [0.1, 0.15) is 15.9 Å². The molecule has 0 bridgehead atoms. The van der Waals surface area contributed by atoms with Gasteiger partial charge in [0.05, 0.1) is 17.3 Å². The van der Waals surface area contributed by atoms with Crippen molar-refractivity contribution in [2.45, 2.75) is 0 Å². The number of H-pyrrole nitrogens is 1. The summed E-state index contributed by atoms with van der Waals surface area (Å²) in [6.07, 6.45) is 1.34. The number of oxime groups is 1. The third-order valence-electron chi connectivity index (χ3n) is 3.16. The Balaban J connectivity index is 2.54. The molecule has 5 heteroatoms. The van der Waals surface area contributed by atoms with Crippen LogP contribution >= 0.6 is 0 Å². The lowest BCUT2D eigenvalue weighted by molar-refractivity contribution is 0.100. The number of nitrogens with zero attached hydrogens (tertiary/aromatic N) is 1. The standard InChI is InChI=1S/C14H11N3O2/c15-14(18)10-6-5-8(7-16-19)12-9-3-1-2-4-11(9)17-13(10)12/h1-7,17,19H,(H2,15,18)/b16-7+. The van der Waals surface area contributed by atoms with Crippen LogP contribution < -0.4 is 5.73 Å². The number of nitrogens with two attached hydrogens (primary N) is 1. The summed E-state index contributed by atoms with van der Waals surface area (Å²) in [4.78, 5) is 14.7. The number of rotatable bonds is 2. The monoisotopic (exact) mass is 253 g/mol. The zero-order valence-corrected chi connectivity index (χ0v) is 9.92. The Kier molecular flexibility index (Phi) is 2.45. The highest BCUT2D eigenvalue weighted by atomic mass is 16.4. The van der Waals surface area contributed by atoms with Crippen molar-refractivity contribution in [1.29, 1.82) is 0 Å². The maximum absolute atomic E-state index is 11.5.